The lowest BCUT2D eigenvalue weighted by Crippen LogP contribution is -2.25. The maximum atomic E-state index is 12.4. The molecule has 0 radical (unpaired) electrons. The highest BCUT2D eigenvalue weighted by Crippen LogP contribution is 2.21. The van der Waals surface area contributed by atoms with E-state index in [9.17, 15) is 9.18 Å². The third-order valence-corrected chi connectivity index (χ3v) is 4.87. The molecule has 1 saturated heterocycles. The van der Waals surface area contributed by atoms with Crippen LogP contribution < -0.4 is 15.5 Å². The smallest absolute Gasteiger partial charge is 0.348 e. The van der Waals surface area contributed by atoms with Crippen molar-refractivity contribution >= 4 is 28.9 Å². The number of hydrogen-bond acceptors (Lipinski definition) is 5. The van der Waals surface area contributed by atoms with E-state index < -0.39 is 6.67 Å². The average molecular weight is 383 g/mol. The standard InChI is InChI=1S/C19H22FN7O/c20-5-8-26-13-16(11-23-26)27-12-15(24-19(27)28)9-17(21)14-3-4-18(22-10-14)25-6-1-2-7-25/h3-4,9-11,13H,1-2,5-8,12,21H2. The SMILES string of the molecule is NC(=CC1=NC(=O)N(c2cnn(CCF)c2)C1)c1ccc(N2CCCC2)nc1. The Bertz CT molecular complexity index is 913. The molecule has 28 heavy (non-hydrogen) atoms. The van der Waals surface area contributed by atoms with E-state index in [1.54, 1.807) is 18.5 Å². The summed E-state index contributed by atoms with van der Waals surface area (Å²) in [4.78, 5) is 24.5. The van der Waals surface area contributed by atoms with Gasteiger partial charge < -0.3 is 10.6 Å². The maximum Gasteiger partial charge on any atom is 0.348 e. The monoisotopic (exact) mass is 383 g/mol. The first kappa shape index (κ1) is 18.1. The molecule has 0 bridgehead atoms. The molecule has 1 fully saturated rings. The number of alkyl halides is 1. The number of carbonyl (C=O) groups is 1. The van der Waals surface area contributed by atoms with Crippen molar-refractivity contribution in [2.24, 2.45) is 10.7 Å². The number of rotatable bonds is 6. The lowest BCUT2D eigenvalue weighted by atomic mass is 10.1. The van der Waals surface area contributed by atoms with Crippen molar-refractivity contribution in [3.8, 4) is 0 Å². The van der Waals surface area contributed by atoms with Gasteiger partial charge in [0.2, 0.25) is 0 Å². The number of nitrogens with two attached hydrogens (primary N) is 1. The predicted octanol–water partition coefficient (Wildman–Crippen LogP) is 2.23. The summed E-state index contributed by atoms with van der Waals surface area (Å²) in [6.45, 7) is 2.01. The van der Waals surface area contributed by atoms with E-state index in [2.05, 4.69) is 20.0 Å². The van der Waals surface area contributed by atoms with Crippen LogP contribution >= 0.6 is 0 Å². The number of aromatic nitrogens is 3. The van der Waals surface area contributed by atoms with Crippen LogP contribution in [0.15, 0.2) is 41.8 Å². The van der Waals surface area contributed by atoms with Gasteiger partial charge in [0.15, 0.2) is 0 Å². The molecule has 4 heterocycles. The summed E-state index contributed by atoms with van der Waals surface area (Å²) >= 11 is 0. The van der Waals surface area contributed by atoms with Gasteiger partial charge in [0.05, 0.1) is 30.7 Å². The predicted molar refractivity (Wildman–Crippen MR) is 106 cm³/mol. The molecule has 2 aromatic heterocycles. The quantitative estimate of drug-likeness (QED) is 0.826. The molecule has 0 aromatic carbocycles. The van der Waals surface area contributed by atoms with Crippen molar-refractivity contribution in [1.82, 2.24) is 14.8 Å². The molecule has 8 nitrogen and oxygen atoms in total. The summed E-state index contributed by atoms with van der Waals surface area (Å²) in [7, 11) is 0. The van der Waals surface area contributed by atoms with Crippen LogP contribution in [0.2, 0.25) is 0 Å². The minimum absolute atomic E-state index is 0.156. The first-order valence-electron chi connectivity index (χ1n) is 9.30. The molecule has 146 valence electrons. The van der Waals surface area contributed by atoms with E-state index in [0.717, 1.165) is 24.5 Å². The summed E-state index contributed by atoms with van der Waals surface area (Å²) in [5.74, 6) is 0.957. The molecule has 0 saturated carbocycles. The summed E-state index contributed by atoms with van der Waals surface area (Å²) in [6, 6.07) is 3.51. The van der Waals surface area contributed by atoms with Crippen molar-refractivity contribution < 1.29 is 9.18 Å². The van der Waals surface area contributed by atoms with E-state index in [4.69, 9.17) is 5.73 Å². The second-order valence-electron chi connectivity index (χ2n) is 6.82. The Morgan fingerprint density at radius 2 is 2.07 bits per heavy atom. The number of aliphatic imine (C=N–C) groups is 1. The van der Waals surface area contributed by atoms with Gasteiger partial charge >= 0.3 is 6.03 Å². The molecule has 2 N–H and O–H groups in total. The van der Waals surface area contributed by atoms with E-state index in [0.29, 0.717) is 23.6 Å². The van der Waals surface area contributed by atoms with Crippen LogP contribution in [0, 0.1) is 0 Å². The number of nitrogens with zero attached hydrogens (tertiary/aromatic N) is 6. The molecule has 2 aromatic rings. The van der Waals surface area contributed by atoms with E-state index in [1.165, 1.54) is 28.6 Å². The van der Waals surface area contributed by atoms with Crippen molar-refractivity contribution in [2.75, 3.05) is 36.1 Å². The van der Waals surface area contributed by atoms with Gasteiger partial charge in [0.1, 0.15) is 12.5 Å². The maximum absolute atomic E-state index is 12.4. The molecular formula is C19H22FN7O. The van der Waals surface area contributed by atoms with Crippen LogP contribution in [0.4, 0.5) is 20.7 Å². The third-order valence-electron chi connectivity index (χ3n) is 4.87. The van der Waals surface area contributed by atoms with Gasteiger partial charge in [0, 0.05) is 36.7 Å². The number of pyridine rings is 1. The summed E-state index contributed by atoms with van der Waals surface area (Å²) < 4.78 is 13.9. The average Bonchev–Trinajstić information content (AvgIpc) is 3.43. The van der Waals surface area contributed by atoms with Crippen LogP contribution in [0.3, 0.4) is 0 Å². The van der Waals surface area contributed by atoms with E-state index >= 15 is 0 Å². The fourth-order valence-electron chi connectivity index (χ4n) is 3.38. The van der Waals surface area contributed by atoms with Crippen molar-refractivity contribution in [3.63, 3.8) is 0 Å². The minimum atomic E-state index is -0.513. The second kappa shape index (κ2) is 7.79. The van der Waals surface area contributed by atoms with Crippen LogP contribution in [-0.2, 0) is 6.54 Å². The Balaban J connectivity index is 1.44. The Kier molecular flexibility index (Phi) is 5.05. The van der Waals surface area contributed by atoms with Gasteiger partial charge in [-0.1, -0.05) is 0 Å². The molecule has 9 heteroatoms. The molecular weight excluding hydrogens is 361 g/mol. The number of halogens is 1. The topological polar surface area (TPSA) is 92.6 Å². The Labute approximate surface area is 162 Å². The molecule has 4 rings (SSSR count). The second-order valence-corrected chi connectivity index (χ2v) is 6.82. The molecule has 0 unspecified atom stereocenters. The number of amides is 2. The van der Waals surface area contributed by atoms with Gasteiger partial charge in [-0.05, 0) is 31.1 Å². The van der Waals surface area contributed by atoms with Crippen molar-refractivity contribution in [1.29, 1.82) is 0 Å². The fourth-order valence-corrected chi connectivity index (χ4v) is 3.38. The molecule has 2 aliphatic heterocycles. The van der Waals surface area contributed by atoms with Gasteiger partial charge in [-0.2, -0.15) is 10.1 Å². The Hall–Kier alpha value is -3.23. The van der Waals surface area contributed by atoms with Gasteiger partial charge in [-0.15, -0.1) is 0 Å². The molecule has 2 aliphatic rings. The van der Waals surface area contributed by atoms with Crippen LogP contribution in [0.5, 0.6) is 0 Å². The van der Waals surface area contributed by atoms with Gasteiger partial charge in [0.25, 0.3) is 0 Å². The van der Waals surface area contributed by atoms with E-state index in [-0.39, 0.29) is 12.6 Å². The lowest BCUT2D eigenvalue weighted by Gasteiger charge is -2.16. The lowest BCUT2D eigenvalue weighted by molar-refractivity contribution is 0.256. The Morgan fingerprint density at radius 3 is 2.79 bits per heavy atom. The van der Waals surface area contributed by atoms with Gasteiger partial charge in [-0.25, -0.2) is 14.2 Å². The zero-order valence-corrected chi connectivity index (χ0v) is 15.5. The summed E-state index contributed by atoms with van der Waals surface area (Å²) in [6.07, 6.45) is 8.99. The zero-order valence-electron chi connectivity index (χ0n) is 15.5. The first-order chi connectivity index (χ1) is 13.6. The molecule has 0 spiro atoms. The summed E-state index contributed by atoms with van der Waals surface area (Å²) in [5, 5.41) is 4.04. The zero-order chi connectivity index (χ0) is 19.5. The number of aryl methyl sites for hydroxylation is 1. The fraction of sp³-hybridized carbons (Fsp3) is 0.368. The van der Waals surface area contributed by atoms with Crippen LogP contribution in [0.1, 0.15) is 18.4 Å². The highest BCUT2D eigenvalue weighted by atomic mass is 19.1. The largest absolute Gasteiger partial charge is 0.398 e. The Morgan fingerprint density at radius 1 is 1.25 bits per heavy atom. The van der Waals surface area contributed by atoms with Crippen molar-refractivity contribution in [3.05, 3.63) is 42.4 Å². The molecule has 0 atom stereocenters. The van der Waals surface area contributed by atoms with Crippen molar-refractivity contribution in [2.45, 2.75) is 19.4 Å². The normalized spacial score (nSPS) is 17.5. The minimum Gasteiger partial charge on any atom is -0.398 e. The number of hydrogen-bond donors (Lipinski definition) is 1. The summed E-state index contributed by atoms with van der Waals surface area (Å²) in [5.41, 5.74) is 8.62. The first-order valence-corrected chi connectivity index (χ1v) is 9.30. The molecule has 2 amide bonds. The highest BCUT2D eigenvalue weighted by molar-refractivity contribution is 6.17. The number of carbonyl (C=O) groups excluding carboxylic acids is 1. The highest BCUT2D eigenvalue weighted by Gasteiger charge is 2.25. The third kappa shape index (κ3) is 3.73. The van der Waals surface area contributed by atoms with Crippen LogP contribution in [-0.4, -0.2) is 52.8 Å². The number of urea groups is 1. The van der Waals surface area contributed by atoms with Crippen LogP contribution in [0.25, 0.3) is 5.70 Å². The molecule has 0 aliphatic carbocycles. The van der Waals surface area contributed by atoms with Gasteiger partial charge in [-0.3, -0.25) is 9.58 Å². The van der Waals surface area contributed by atoms with E-state index in [1.807, 2.05) is 12.1 Å². The number of anilines is 2.